The van der Waals surface area contributed by atoms with Gasteiger partial charge in [-0.2, -0.15) is 0 Å². The highest BCUT2D eigenvalue weighted by Gasteiger charge is 2.35. The van der Waals surface area contributed by atoms with E-state index in [2.05, 4.69) is 22.9 Å². The molecule has 5 heteroatoms. The van der Waals surface area contributed by atoms with Gasteiger partial charge in [0.05, 0.1) is 18.0 Å². The predicted octanol–water partition coefficient (Wildman–Crippen LogP) is 2.60. The summed E-state index contributed by atoms with van der Waals surface area (Å²) in [4.78, 5) is 25.2. The molecule has 1 aliphatic rings. The quantitative estimate of drug-likeness (QED) is 0.750. The summed E-state index contributed by atoms with van der Waals surface area (Å²) < 4.78 is 4.99. The lowest BCUT2D eigenvalue weighted by Gasteiger charge is -2.37. The number of hydrogen-bond acceptors (Lipinski definition) is 3. The Morgan fingerprint density at radius 3 is 2.65 bits per heavy atom. The average Bonchev–Trinajstić information content (AvgIpc) is 2.37. The van der Waals surface area contributed by atoms with Gasteiger partial charge in [-0.1, -0.05) is 29.3 Å². The van der Waals surface area contributed by atoms with Crippen molar-refractivity contribution in [2.45, 2.75) is 39.2 Å². The van der Waals surface area contributed by atoms with E-state index in [1.165, 1.54) is 0 Å². The zero-order valence-electron chi connectivity index (χ0n) is 10.4. The summed E-state index contributed by atoms with van der Waals surface area (Å²) >= 11 is 3.18. The number of carbonyl (C=O) groups excluding carboxylic acids is 2. The minimum Gasteiger partial charge on any atom is -0.450 e. The molecule has 0 aromatic rings. The van der Waals surface area contributed by atoms with Crippen LogP contribution >= 0.6 is 15.9 Å². The second-order valence-corrected chi connectivity index (χ2v) is 4.87. The van der Waals surface area contributed by atoms with Gasteiger partial charge >= 0.3 is 6.09 Å². The Morgan fingerprint density at radius 1 is 1.41 bits per heavy atom. The van der Waals surface area contributed by atoms with Crippen LogP contribution < -0.4 is 0 Å². The number of Topliss-reactive ketones (excluding diaryl/α,β-unsaturated/α-hetero) is 1. The van der Waals surface area contributed by atoms with E-state index in [0.717, 1.165) is 19.3 Å². The molecule has 0 bridgehead atoms. The van der Waals surface area contributed by atoms with E-state index in [-0.39, 0.29) is 17.9 Å². The highest BCUT2D eigenvalue weighted by molar-refractivity contribution is 9.09. The molecule has 1 amide bonds. The zero-order chi connectivity index (χ0) is 12.8. The monoisotopic (exact) mass is 305 g/mol. The van der Waals surface area contributed by atoms with Crippen molar-refractivity contribution in [2.24, 2.45) is 5.92 Å². The standard InChI is InChI=1S/C12H20BrNO3/c1-3-9-5-6-14(12(16)17-4-2)10(7-9)11(15)8-13/h9-10H,3-8H2,1-2H3. The predicted molar refractivity (Wildman–Crippen MR) is 69.3 cm³/mol. The van der Waals surface area contributed by atoms with Crippen LogP contribution in [0.1, 0.15) is 33.1 Å². The van der Waals surface area contributed by atoms with Crippen molar-refractivity contribution in [1.82, 2.24) is 4.90 Å². The summed E-state index contributed by atoms with van der Waals surface area (Å²) in [6, 6.07) is -0.313. The number of amides is 1. The molecule has 0 spiro atoms. The van der Waals surface area contributed by atoms with E-state index in [9.17, 15) is 9.59 Å². The molecule has 2 atom stereocenters. The smallest absolute Gasteiger partial charge is 0.410 e. The van der Waals surface area contributed by atoms with Crippen LogP contribution in [0.25, 0.3) is 0 Å². The Bertz CT molecular complexity index is 283. The molecule has 0 N–H and O–H groups in total. The molecule has 0 saturated carbocycles. The van der Waals surface area contributed by atoms with E-state index in [1.54, 1.807) is 11.8 Å². The van der Waals surface area contributed by atoms with Gasteiger partial charge in [0.1, 0.15) is 0 Å². The Kier molecular flexibility index (Phi) is 5.95. The molecular formula is C12H20BrNO3. The van der Waals surface area contributed by atoms with Gasteiger partial charge in [0, 0.05) is 6.54 Å². The molecule has 0 aromatic carbocycles. The molecule has 1 heterocycles. The van der Waals surface area contributed by atoms with Crippen LogP contribution in [0.15, 0.2) is 0 Å². The van der Waals surface area contributed by atoms with Gasteiger partial charge in [0.25, 0.3) is 0 Å². The topological polar surface area (TPSA) is 46.6 Å². The third-order valence-electron chi connectivity index (χ3n) is 3.29. The van der Waals surface area contributed by atoms with E-state index in [4.69, 9.17) is 4.74 Å². The molecule has 1 saturated heterocycles. The average molecular weight is 306 g/mol. The molecule has 1 fully saturated rings. The van der Waals surface area contributed by atoms with Gasteiger partial charge in [-0.05, 0) is 25.7 Å². The molecule has 17 heavy (non-hydrogen) atoms. The summed E-state index contributed by atoms with van der Waals surface area (Å²) in [5, 5.41) is 0.296. The van der Waals surface area contributed by atoms with Crippen LogP contribution in [-0.4, -0.2) is 41.3 Å². The number of alkyl halides is 1. The normalized spacial score (nSPS) is 24.5. The fraction of sp³-hybridized carbons (Fsp3) is 0.833. The maximum atomic E-state index is 11.9. The van der Waals surface area contributed by atoms with Crippen molar-refractivity contribution in [3.05, 3.63) is 0 Å². The van der Waals surface area contributed by atoms with Crippen molar-refractivity contribution in [1.29, 1.82) is 0 Å². The van der Waals surface area contributed by atoms with Crippen molar-refractivity contribution < 1.29 is 14.3 Å². The maximum absolute atomic E-state index is 11.9. The van der Waals surface area contributed by atoms with Crippen LogP contribution in [0.3, 0.4) is 0 Å². The summed E-state index contributed by atoms with van der Waals surface area (Å²) in [7, 11) is 0. The Labute approximate surface area is 111 Å². The molecule has 4 nitrogen and oxygen atoms in total. The Hall–Kier alpha value is -0.580. The van der Waals surface area contributed by atoms with Gasteiger partial charge < -0.3 is 4.74 Å². The number of piperidine rings is 1. The van der Waals surface area contributed by atoms with Crippen molar-refractivity contribution in [3.63, 3.8) is 0 Å². The lowest BCUT2D eigenvalue weighted by atomic mass is 9.87. The van der Waals surface area contributed by atoms with Crippen molar-refractivity contribution >= 4 is 27.8 Å². The summed E-state index contributed by atoms with van der Waals surface area (Å²) in [6.45, 7) is 4.88. The number of nitrogens with zero attached hydrogens (tertiary/aromatic N) is 1. The van der Waals surface area contributed by atoms with E-state index in [0.29, 0.717) is 24.4 Å². The minimum absolute atomic E-state index is 0.0659. The van der Waals surface area contributed by atoms with E-state index >= 15 is 0 Å². The van der Waals surface area contributed by atoms with Crippen molar-refractivity contribution in [2.75, 3.05) is 18.5 Å². The van der Waals surface area contributed by atoms with Crippen LogP contribution in [0.5, 0.6) is 0 Å². The van der Waals surface area contributed by atoms with Gasteiger partial charge in [-0.15, -0.1) is 0 Å². The first kappa shape index (κ1) is 14.5. The first-order valence-corrected chi connectivity index (χ1v) is 7.28. The molecule has 0 aromatic heterocycles. The molecular weight excluding hydrogens is 286 g/mol. The number of ketones is 1. The Balaban J connectivity index is 2.73. The fourth-order valence-corrected chi connectivity index (χ4v) is 2.60. The van der Waals surface area contributed by atoms with Crippen molar-refractivity contribution in [3.8, 4) is 0 Å². The van der Waals surface area contributed by atoms with Gasteiger partial charge in [-0.25, -0.2) is 4.79 Å². The van der Waals surface area contributed by atoms with Gasteiger partial charge in [0.2, 0.25) is 0 Å². The number of ether oxygens (including phenoxy) is 1. The summed E-state index contributed by atoms with van der Waals surface area (Å²) in [6.07, 6.45) is 2.42. The third-order valence-corrected chi connectivity index (χ3v) is 3.85. The highest BCUT2D eigenvalue weighted by atomic mass is 79.9. The first-order valence-electron chi connectivity index (χ1n) is 6.16. The number of carbonyl (C=O) groups is 2. The number of likely N-dealkylation sites (tertiary alicyclic amines) is 1. The third kappa shape index (κ3) is 3.69. The number of halogens is 1. The molecule has 0 radical (unpaired) electrons. The lowest BCUT2D eigenvalue weighted by Crippen LogP contribution is -2.50. The fourth-order valence-electron chi connectivity index (χ4n) is 2.23. The molecule has 2 unspecified atom stereocenters. The van der Waals surface area contributed by atoms with E-state index < -0.39 is 0 Å². The molecule has 1 rings (SSSR count). The lowest BCUT2D eigenvalue weighted by molar-refractivity contribution is -0.123. The number of rotatable bonds is 4. The second-order valence-electron chi connectivity index (χ2n) is 4.31. The highest BCUT2D eigenvalue weighted by Crippen LogP contribution is 2.26. The molecule has 0 aliphatic carbocycles. The summed E-state index contributed by atoms with van der Waals surface area (Å²) in [5.41, 5.74) is 0. The molecule has 1 aliphatic heterocycles. The zero-order valence-corrected chi connectivity index (χ0v) is 12.0. The largest absolute Gasteiger partial charge is 0.450 e. The molecule has 98 valence electrons. The summed E-state index contributed by atoms with van der Waals surface area (Å²) in [5.74, 6) is 0.602. The van der Waals surface area contributed by atoms with Crippen LogP contribution in [0.4, 0.5) is 4.79 Å². The van der Waals surface area contributed by atoms with Crippen LogP contribution in [0, 0.1) is 5.92 Å². The van der Waals surface area contributed by atoms with Crippen LogP contribution in [0.2, 0.25) is 0 Å². The van der Waals surface area contributed by atoms with Gasteiger partial charge in [0.15, 0.2) is 5.78 Å². The van der Waals surface area contributed by atoms with Crippen LogP contribution in [-0.2, 0) is 9.53 Å². The Morgan fingerprint density at radius 2 is 2.12 bits per heavy atom. The maximum Gasteiger partial charge on any atom is 0.410 e. The SMILES string of the molecule is CCOC(=O)N1CCC(CC)CC1C(=O)CBr. The second kappa shape index (κ2) is 6.99. The number of hydrogen-bond donors (Lipinski definition) is 0. The minimum atomic E-state index is -0.360. The van der Waals surface area contributed by atoms with E-state index in [1.807, 2.05) is 0 Å². The van der Waals surface area contributed by atoms with Gasteiger partial charge in [-0.3, -0.25) is 9.69 Å². The first-order chi connectivity index (χ1) is 8.13.